The zero-order valence-corrected chi connectivity index (χ0v) is 57.8. The Morgan fingerprint density at radius 2 is 1.01 bits per heavy atom. The lowest BCUT2D eigenvalue weighted by Gasteiger charge is -2.41. The Labute approximate surface area is 568 Å². The number of piperidine rings is 2. The van der Waals surface area contributed by atoms with Gasteiger partial charge in [-0.25, -0.2) is 9.59 Å². The fourth-order valence-electron chi connectivity index (χ4n) is 12.7. The monoisotopic (exact) mass is 1330 g/mol. The molecule has 6 aromatic rings. The standard InChI is InChI=1S/C38H45N3O5S.C23H27NO4.C15H20N2O2S/c1-38(2,3)46-37(44)39-20-18-31(28-13-8-12-27(22-28)26-10-6-5-7-11-26)32(24-39)36(43)41(29-14-15-29)30-16-17-34-33(23-30)40(19-9-21-45-4)35(42)25-47-34;1-23(2,3)28-22(27)24-13-12-19(20(15-24)21(25)26)18-11-7-10-17(14-18)16-8-5-4-6-9-16;1-19-8-2-7-17-13-9-12(16-11-3-4-11)5-6-14(13)20-10-15(17)18/h5-8,10-13,16-17,22-23,29,31-32H,9,14-15,18-21,24-25H2,1-4H3;4-11,14,19-20H,12-13,15H2,1-3H3,(H,25,26);5-6,9,11,16H,2-4,7-8,10H2,1H3/t31-,32+;19-,20+;/m11./s1. The van der Waals surface area contributed by atoms with E-state index < -0.39 is 35.1 Å². The topological polar surface area (TPSA) is 188 Å². The number of carbonyl (C=O) groups is 6. The average molecular weight is 1330 g/mol. The van der Waals surface area contributed by atoms with E-state index in [0.29, 0.717) is 63.2 Å². The van der Waals surface area contributed by atoms with Gasteiger partial charge in [-0.15, -0.1) is 23.5 Å². The third-order valence-electron chi connectivity index (χ3n) is 17.6. The Bertz CT molecular complexity index is 3650. The Morgan fingerprint density at radius 1 is 0.547 bits per heavy atom. The number of hydrogen-bond acceptors (Lipinski definition) is 13. The predicted molar refractivity (Wildman–Crippen MR) is 378 cm³/mol. The molecule has 0 radical (unpaired) electrons. The molecular formula is C76H92N6O11S2. The predicted octanol–water partition coefficient (Wildman–Crippen LogP) is 14.9. The highest BCUT2D eigenvalue weighted by atomic mass is 32.2. The third kappa shape index (κ3) is 18.8. The van der Waals surface area contributed by atoms with E-state index >= 15 is 0 Å². The van der Waals surface area contributed by atoms with Crippen LogP contribution in [0.15, 0.2) is 155 Å². The number of benzene rings is 6. The maximum absolute atomic E-state index is 14.9. The van der Waals surface area contributed by atoms with Gasteiger partial charge in [0, 0.05) is 106 Å². The van der Waals surface area contributed by atoms with E-state index in [1.54, 1.807) is 63.4 Å². The van der Waals surface area contributed by atoms with Gasteiger partial charge in [0.2, 0.25) is 17.7 Å². The van der Waals surface area contributed by atoms with Crippen molar-refractivity contribution in [1.29, 1.82) is 0 Å². The fourth-order valence-corrected chi connectivity index (χ4v) is 14.5. The van der Waals surface area contributed by atoms with Crippen molar-refractivity contribution in [3.8, 4) is 22.3 Å². The second kappa shape index (κ2) is 31.8. The van der Waals surface area contributed by atoms with Crippen LogP contribution in [0.1, 0.15) is 116 Å². The molecule has 4 fully saturated rings. The van der Waals surface area contributed by atoms with E-state index in [1.165, 1.54) is 22.6 Å². The number of anilines is 4. The molecule has 19 heteroatoms. The van der Waals surface area contributed by atoms with E-state index in [2.05, 4.69) is 66.0 Å². The molecule has 4 heterocycles. The molecule has 12 rings (SSSR count). The molecule has 504 valence electrons. The maximum Gasteiger partial charge on any atom is 0.410 e. The first-order valence-electron chi connectivity index (χ1n) is 33.4. The smallest absolute Gasteiger partial charge is 0.410 e. The van der Waals surface area contributed by atoms with Crippen molar-refractivity contribution < 1.29 is 52.8 Å². The Kier molecular flexibility index (Phi) is 23.4. The van der Waals surface area contributed by atoms with Crippen LogP contribution in [-0.4, -0.2) is 152 Å². The molecule has 5 amide bonds. The van der Waals surface area contributed by atoms with Gasteiger partial charge < -0.3 is 53.9 Å². The van der Waals surface area contributed by atoms with Crippen molar-refractivity contribution in [1.82, 2.24) is 9.80 Å². The van der Waals surface area contributed by atoms with E-state index in [1.807, 2.05) is 120 Å². The van der Waals surface area contributed by atoms with E-state index in [4.69, 9.17) is 18.9 Å². The lowest BCUT2D eigenvalue weighted by atomic mass is 9.79. The first-order chi connectivity index (χ1) is 45.6. The van der Waals surface area contributed by atoms with Gasteiger partial charge in [-0.3, -0.25) is 19.2 Å². The van der Waals surface area contributed by atoms with Crippen LogP contribution in [0.4, 0.5) is 32.3 Å². The van der Waals surface area contributed by atoms with Gasteiger partial charge in [-0.05, 0) is 169 Å². The van der Waals surface area contributed by atoms with Crippen LogP contribution in [0.25, 0.3) is 22.3 Å². The van der Waals surface area contributed by atoms with Crippen molar-refractivity contribution >= 4 is 82.2 Å². The molecule has 2 aliphatic carbocycles. The van der Waals surface area contributed by atoms with Crippen LogP contribution < -0.4 is 20.0 Å². The van der Waals surface area contributed by atoms with Crippen molar-refractivity contribution in [2.24, 2.45) is 11.8 Å². The first kappa shape index (κ1) is 70.0. The van der Waals surface area contributed by atoms with Gasteiger partial charge in [-0.2, -0.15) is 0 Å². The van der Waals surface area contributed by atoms with Crippen molar-refractivity contribution in [3.63, 3.8) is 0 Å². The summed E-state index contributed by atoms with van der Waals surface area (Å²) in [4.78, 5) is 88.9. The van der Waals surface area contributed by atoms with Gasteiger partial charge in [0.05, 0.1) is 34.7 Å². The summed E-state index contributed by atoms with van der Waals surface area (Å²) in [7, 11) is 3.36. The number of ether oxygens (including phenoxy) is 4. The van der Waals surface area contributed by atoms with E-state index in [0.717, 1.165) is 93.3 Å². The molecule has 0 spiro atoms. The van der Waals surface area contributed by atoms with Crippen LogP contribution in [0.2, 0.25) is 0 Å². The maximum atomic E-state index is 14.9. The Hall–Kier alpha value is -7.84. The highest BCUT2D eigenvalue weighted by Crippen LogP contribution is 2.45. The highest BCUT2D eigenvalue weighted by Gasteiger charge is 2.45. The number of carboxylic acids is 1. The second-order valence-electron chi connectivity index (χ2n) is 27.2. The summed E-state index contributed by atoms with van der Waals surface area (Å²) in [6, 6.07) is 50.0. The second-order valence-corrected chi connectivity index (χ2v) is 29.3. The molecule has 2 saturated carbocycles. The van der Waals surface area contributed by atoms with Crippen LogP contribution in [-0.2, 0) is 38.1 Å². The molecule has 17 nitrogen and oxygen atoms in total. The number of amides is 5. The molecule has 0 unspecified atom stereocenters. The number of hydrogen-bond donors (Lipinski definition) is 2. The number of fused-ring (bicyclic) bond motifs is 2. The Morgan fingerprint density at radius 3 is 1.47 bits per heavy atom. The van der Waals surface area contributed by atoms with Crippen molar-refractivity contribution in [2.45, 2.75) is 138 Å². The zero-order valence-electron chi connectivity index (χ0n) is 56.1. The summed E-state index contributed by atoms with van der Waals surface area (Å²) < 4.78 is 21.5. The number of thioether (sulfide) groups is 2. The number of carbonyl (C=O) groups excluding carboxylic acids is 5. The molecular weight excluding hydrogens is 1240 g/mol. The van der Waals surface area contributed by atoms with Crippen LogP contribution >= 0.6 is 23.5 Å². The lowest BCUT2D eigenvalue weighted by molar-refractivity contribution is -0.144. The van der Waals surface area contributed by atoms with Crippen LogP contribution in [0.3, 0.4) is 0 Å². The van der Waals surface area contributed by atoms with E-state index in [9.17, 15) is 33.9 Å². The summed E-state index contributed by atoms with van der Waals surface area (Å²) in [5, 5.41) is 13.3. The number of aliphatic carboxylic acids is 1. The first-order valence-corrected chi connectivity index (χ1v) is 35.3. The van der Waals surface area contributed by atoms with Gasteiger partial charge in [-0.1, -0.05) is 109 Å². The molecule has 2 saturated heterocycles. The minimum atomic E-state index is -0.886. The van der Waals surface area contributed by atoms with E-state index in [-0.39, 0.29) is 54.8 Å². The normalized spacial score (nSPS) is 19.4. The molecule has 95 heavy (non-hydrogen) atoms. The quantitative estimate of drug-likeness (QED) is 0.0774. The number of nitrogens with one attached hydrogen (secondary N) is 1. The van der Waals surface area contributed by atoms with Gasteiger partial charge in [0.1, 0.15) is 11.2 Å². The van der Waals surface area contributed by atoms with Gasteiger partial charge >= 0.3 is 18.2 Å². The van der Waals surface area contributed by atoms with Crippen LogP contribution in [0.5, 0.6) is 0 Å². The number of nitrogens with zero attached hydrogens (tertiary/aromatic N) is 5. The molecule has 0 aromatic heterocycles. The summed E-state index contributed by atoms with van der Waals surface area (Å²) in [5.74, 6) is -1.02. The summed E-state index contributed by atoms with van der Waals surface area (Å²) >= 11 is 3.17. The zero-order chi connectivity index (χ0) is 67.4. The number of methoxy groups -OCH3 is 2. The molecule has 2 N–H and O–H groups in total. The largest absolute Gasteiger partial charge is 0.481 e. The van der Waals surface area contributed by atoms with Crippen LogP contribution in [0, 0.1) is 11.8 Å². The molecule has 4 aliphatic heterocycles. The van der Waals surface area contributed by atoms with Crippen molar-refractivity contribution in [3.05, 3.63) is 157 Å². The lowest BCUT2D eigenvalue weighted by Crippen LogP contribution is -2.51. The molecule has 6 aliphatic rings. The minimum absolute atomic E-state index is 0.0107. The fraction of sp³-hybridized carbons (Fsp3) is 0.447. The molecule has 6 aromatic carbocycles. The number of rotatable bonds is 18. The third-order valence-corrected chi connectivity index (χ3v) is 19.7. The molecule has 4 atom stereocenters. The van der Waals surface area contributed by atoms with Gasteiger partial charge in [0.25, 0.3) is 0 Å². The van der Waals surface area contributed by atoms with Crippen molar-refractivity contribution in [2.75, 3.05) is 98.2 Å². The van der Waals surface area contributed by atoms with Gasteiger partial charge in [0.15, 0.2) is 0 Å². The summed E-state index contributed by atoms with van der Waals surface area (Å²) in [6.45, 7) is 15.0. The number of likely N-dealkylation sites (tertiary alicyclic amines) is 2. The minimum Gasteiger partial charge on any atom is -0.481 e. The Balaban J connectivity index is 0.000000172. The average Bonchev–Trinajstić information content (AvgIpc) is 1.77. The molecule has 0 bridgehead atoms. The summed E-state index contributed by atoms with van der Waals surface area (Å²) in [5.41, 5.74) is 9.08. The SMILES string of the molecule is CC(C)(C)OC(=O)N1CC[C@H](c2cccc(-c3ccccc3)c2)[C@@H](C(=O)O)C1.COCCCN1C(=O)CSc2ccc(N(C(=O)[C@H]3CN(C(=O)OC(C)(C)C)CC[C@@H]3c3cccc(-c4ccccc4)c3)C3CC3)cc21.COCCCN1C(=O)CSc2ccc(NC3CC3)cc21. The highest BCUT2D eigenvalue weighted by molar-refractivity contribution is 8.00. The summed E-state index contributed by atoms with van der Waals surface area (Å²) in [6.07, 6.45) is 6.35. The number of carboxylic acid groups (broad SMARTS) is 1.